The summed E-state index contributed by atoms with van der Waals surface area (Å²) in [5, 5.41) is 8.65. The zero-order valence-corrected chi connectivity index (χ0v) is 16.3. The number of carbonyl (C=O) groups excluding carboxylic acids is 1. The number of nitrogens with one attached hydrogen (secondary N) is 1. The smallest absolute Gasteiger partial charge is 0.220 e. The van der Waals surface area contributed by atoms with E-state index in [1.54, 1.807) is 0 Å². The molecule has 6 nitrogen and oxygen atoms in total. The summed E-state index contributed by atoms with van der Waals surface area (Å²) in [6.45, 7) is 11.0. The Balaban J connectivity index is 1.94. The lowest BCUT2D eigenvalue weighted by Crippen LogP contribution is -2.24. The van der Waals surface area contributed by atoms with Gasteiger partial charge in [0.15, 0.2) is 11.3 Å². The normalized spacial score (nSPS) is 11.4. The third kappa shape index (κ3) is 3.41. The summed E-state index contributed by atoms with van der Waals surface area (Å²) in [7, 11) is 0. The number of pyridine rings is 1. The zero-order valence-electron chi connectivity index (χ0n) is 16.3. The van der Waals surface area contributed by atoms with Gasteiger partial charge in [-0.05, 0) is 57.7 Å². The number of fused-ring (bicyclic) bond motifs is 3. The minimum atomic E-state index is 0.0936. The molecular weight excluding hydrogens is 326 g/mol. The van der Waals surface area contributed by atoms with Crippen LogP contribution in [0.4, 0.5) is 0 Å². The van der Waals surface area contributed by atoms with Crippen LogP contribution in [0.3, 0.4) is 0 Å². The van der Waals surface area contributed by atoms with E-state index >= 15 is 0 Å². The Morgan fingerprint density at radius 3 is 2.69 bits per heavy atom. The Kier molecular flexibility index (Phi) is 5.20. The van der Waals surface area contributed by atoms with Crippen molar-refractivity contribution in [1.29, 1.82) is 0 Å². The summed E-state index contributed by atoms with van der Waals surface area (Å²) in [4.78, 5) is 21.4. The predicted molar refractivity (Wildman–Crippen MR) is 103 cm³/mol. The molecule has 0 atom stereocenters. The second-order valence-corrected chi connectivity index (χ2v) is 6.98. The minimum Gasteiger partial charge on any atom is -0.356 e. The van der Waals surface area contributed by atoms with Crippen LogP contribution in [-0.4, -0.2) is 32.0 Å². The number of carbonyl (C=O) groups is 1. The highest BCUT2D eigenvalue weighted by molar-refractivity contribution is 5.93. The summed E-state index contributed by atoms with van der Waals surface area (Å²) < 4.78 is 1.88. The van der Waals surface area contributed by atoms with Crippen LogP contribution in [0.25, 0.3) is 16.7 Å². The molecule has 0 unspecified atom stereocenters. The van der Waals surface area contributed by atoms with Gasteiger partial charge in [-0.2, -0.15) is 0 Å². The van der Waals surface area contributed by atoms with E-state index in [9.17, 15) is 4.79 Å². The van der Waals surface area contributed by atoms with Crippen LogP contribution < -0.4 is 5.32 Å². The first-order valence-corrected chi connectivity index (χ1v) is 9.31. The molecule has 3 rings (SSSR count). The summed E-state index contributed by atoms with van der Waals surface area (Å²) >= 11 is 0. The Morgan fingerprint density at radius 1 is 1.19 bits per heavy atom. The van der Waals surface area contributed by atoms with E-state index in [4.69, 9.17) is 4.98 Å². The lowest BCUT2D eigenvalue weighted by molar-refractivity contribution is -0.121. The number of hydrogen-bond donors (Lipinski definition) is 1. The summed E-state index contributed by atoms with van der Waals surface area (Å²) in [6.07, 6.45) is 3.23. The molecule has 0 bridgehead atoms. The molecule has 0 radical (unpaired) electrons. The minimum absolute atomic E-state index is 0.0936. The van der Waals surface area contributed by atoms with Crippen LogP contribution in [-0.2, 0) is 11.2 Å². The third-order valence-electron chi connectivity index (χ3n) is 4.86. The van der Waals surface area contributed by atoms with Crippen LogP contribution in [0.15, 0.2) is 6.07 Å². The van der Waals surface area contributed by atoms with Gasteiger partial charge in [0, 0.05) is 30.0 Å². The molecule has 0 aliphatic rings. The second-order valence-electron chi connectivity index (χ2n) is 6.98. The van der Waals surface area contributed by atoms with Crippen LogP contribution in [0.1, 0.15) is 54.4 Å². The van der Waals surface area contributed by atoms with Gasteiger partial charge in [-0.15, -0.1) is 5.10 Å². The topological polar surface area (TPSA) is 72.2 Å². The summed E-state index contributed by atoms with van der Waals surface area (Å²) in [5.74, 6) is 0.0936. The highest BCUT2D eigenvalue weighted by Gasteiger charge is 2.17. The van der Waals surface area contributed by atoms with Crippen LogP contribution in [0, 0.1) is 27.7 Å². The second kappa shape index (κ2) is 7.40. The van der Waals surface area contributed by atoms with Crippen molar-refractivity contribution in [3.05, 3.63) is 34.3 Å². The SMILES string of the molecule is CCCCNC(=O)CCc1c(C)nc2c3c(C)cc(C)nc3nn2c1C. The maximum atomic E-state index is 12.0. The van der Waals surface area contributed by atoms with Crippen molar-refractivity contribution in [3.63, 3.8) is 0 Å². The molecule has 3 heterocycles. The monoisotopic (exact) mass is 353 g/mol. The largest absolute Gasteiger partial charge is 0.356 e. The van der Waals surface area contributed by atoms with Gasteiger partial charge in [0.25, 0.3) is 0 Å². The van der Waals surface area contributed by atoms with Gasteiger partial charge in [-0.3, -0.25) is 4.79 Å². The number of aromatic nitrogens is 4. The van der Waals surface area contributed by atoms with E-state index in [0.29, 0.717) is 12.8 Å². The van der Waals surface area contributed by atoms with Gasteiger partial charge < -0.3 is 5.32 Å². The van der Waals surface area contributed by atoms with Crippen LogP contribution in [0.5, 0.6) is 0 Å². The number of unbranched alkanes of at least 4 members (excludes halogenated alkanes) is 1. The average Bonchev–Trinajstić information content (AvgIpc) is 2.93. The number of rotatable bonds is 6. The molecule has 3 aromatic heterocycles. The van der Waals surface area contributed by atoms with Gasteiger partial charge in [-0.25, -0.2) is 14.5 Å². The maximum Gasteiger partial charge on any atom is 0.220 e. The van der Waals surface area contributed by atoms with Crippen molar-refractivity contribution in [3.8, 4) is 0 Å². The fourth-order valence-electron chi connectivity index (χ4n) is 3.46. The van der Waals surface area contributed by atoms with E-state index in [1.165, 1.54) is 0 Å². The van der Waals surface area contributed by atoms with E-state index in [2.05, 4.69) is 35.3 Å². The van der Waals surface area contributed by atoms with Crippen molar-refractivity contribution in [2.75, 3.05) is 6.54 Å². The molecule has 0 aliphatic carbocycles. The quantitative estimate of drug-likeness (QED) is 0.690. The Labute approximate surface area is 154 Å². The molecule has 0 saturated heterocycles. The van der Waals surface area contributed by atoms with Crippen molar-refractivity contribution >= 4 is 22.6 Å². The Bertz CT molecular complexity index is 974. The number of amides is 1. The van der Waals surface area contributed by atoms with E-state index in [-0.39, 0.29) is 5.91 Å². The van der Waals surface area contributed by atoms with Gasteiger partial charge in [0.2, 0.25) is 5.91 Å². The molecule has 1 amide bonds. The van der Waals surface area contributed by atoms with Crippen LogP contribution >= 0.6 is 0 Å². The third-order valence-corrected chi connectivity index (χ3v) is 4.86. The predicted octanol–water partition coefficient (Wildman–Crippen LogP) is 3.36. The number of hydrogen-bond acceptors (Lipinski definition) is 4. The lowest BCUT2D eigenvalue weighted by atomic mass is 10.1. The fourth-order valence-corrected chi connectivity index (χ4v) is 3.46. The van der Waals surface area contributed by atoms with E-state index < -0.39 is 0 Å². The van der Waals surface area contributed by atoms with Crippen molar-refractivity contribution < 1.29 is 4.79 Å². The van der Waals surface area contributed by atoms with Crippen molar-refractivity contribution in [2.24, 2.45) is 0 Å². The molecule has 138 valence electrons. The molecule has 3 aromatic rings. The molecule has 26 heavy (non-hydrogen) atoms. The van der Waals surface area contributed by atoms with Gasteiger partial charge in [0.1, 0.15) is 0 Å². The molecule has 1 N–H and O–H groups in total. The zero-order chi connectivity index (χ0) is 18.8. The van der Waals surface area contributed by atoms with Gasteiger partial charge >= 0.3 is 0 Å². The summed E-state index contributed by atoms with van der Waals surface area (Å²) in [5.41, 5.74) is 6.74. The lowest BCUT2D eigenvalue weighted by Gasteiger charge is -2.11. The van der Waals surface area contributed by atoms with Crippen molar-refractivity contribution in [2.45, 2.75) is 60.3 Å². The first-order chi connectivity index (χ1) is 12.4. The first-order valence-electron chi connectivity index (χ1n) is 9.31. The average molecular weight is 353 g/mol. The van der Waals surface area contributed by atoms with Crippen molar-refractivity contribution in [1.82, 2.24) is 24.9 Å². The Hall–Kier alpha value is -2.50. The Morgan fingerprint density at radius 2 is 1.96 bits per heavy atom. The summed E-state index contributed by atoms with van der Waals surface area (Å²) in [6, 6.07) is 2.06. The highest BCUT2D eigenvalue weighted by atomic mass is 16.1. The number of aryl methyl sites for hydroxylation is 4. The molecular formula is C20H27N5O. The van der Waals surface area contributed by atoms with E-state index in [1.807, 2.05) is 25.3 Å². The standard InChI is InChI=1S/C20H27N5O/c1-6-7-10-21-17(26)9-8-16-14(4)23-20-18-12(2)11-13(3)22-19(18)24-25(20)15(16)5/h11H,6-10H2,1-5H3,(H,21,26). The molecule has 0 fully saturated rings. The van der Waals surface area contributed by atoms with E-state index in [0.717, 1.165) is 64.3 Å². The van der Waals surface area contributed by atoms with Gasteiger partial charge in [-0.1, -0.05) is 13.3 Å². The molecule has 0 aliphatic heterocycles. The molecule has 0 saturated carbocycles. The fraction of sp³-hybridized carbons (Fsp3) is 0.500. The first kappa shape index (κ1) is 18.3. The molecule has 6 heteroatoms. The maximum absolute atomic E-state index is 12.0. The van der Waals surface area contributed by atoms with Gasteiger partial charge in [0.05, 0.1) is 5.39 Å². The molecule has 0 aromatic carbocycles. The number of nitrogens with zero attached hydrogens (tertiary/aromatic N) is 4. The van der Waals surface area contributed by atoms with Crippen LogP contribution in [0.2, 0.25) is 0 Å². The highest BCUT2D eigenvalue weighted by Crippen LogP contribution is 2.25. The molecule has 0 spiro atoms.